The van der Waals surface area contributed by atoms with Crippen molar-refractivity contribution in [3.8, 4) is 0 Å². The average Bonchev–Trinajstić information content (AvgIpc) is 2.26. The van der Waals surface area contributed by atoms with Gasteiger partial charge in [-0.1, -0.05) is 23.7 Å². The molecule has 4 heteroatoms. The Morgan fingerprint density at radius 1 is 1.24 bits per heavy atom. The highest BCUT2D eigenvalue weighted by atomic mass is 35.5. The van der Waals surface area contributed by atoms with Crippen LogP contribution in [0.15, 0.2) is 24.3 Å². The van der Waals surface area contributed by atoms with Gasteiger partial charge in [-0.05, 0) is 49.3 Å². The fraction of sp³-hybridized carbons (Fsp3) is 0.231. The normalized spacial score (nSPS) is 10.5. The first-order valence-corrected chi connectivity index (χ1v) is 6.16. The van der Waals surface area contributed by atoms with Crippen molar-refractivity contribution in [2.45, 2.75) is 20.3 Å². The zero-order valence-corrected chi connectivity index (χ0v) is 11.3. The lowest BCUT2D eigenvalue weighted by Gasteiger charge is -2.09. The molecule has 1 heterocycles. The van der Waals surface area contributed by atoms with E-state index in [-0.39, 0.29) is 0 Å². The molecule has 0 spiro atoms. The van der Waals surface area contributed by atoms with Gasteiger partial charge in [0, 0.05) is 22.8 Å². The van der Waals surface area contributed by atoms with Gasteiger partial charge in [0.25, 0.3) is 0 Å². The number of nitrogens with one attached hydrogen (secondary N) is 1. The van der Waals surface area contributed by atoms with Gasteiger partial charge >= 0.3 is 0 Å². The van der Waals surface area contributed by atoms with Crippen LogP contribution in [0.3, 0.4) is 0 Å². The van der Waals surface area contributed by atoms with E-state index in [2.05, 4.69) is 9.97 Å². The first-order chi connectivity index (χ1) is 8.06. The van der Waals surface area contributed by atoms with E-state index in [0.29, 0.717) is 4.77 Å². The second-order valence-corrected chi connectivity index (χ2v) is 4.86. The minimum atomic E-state index is 0.542. The van der Waals surface area contributed by atoms with E-state index >= 15 is 0 Å². The smallest absolute Gasteiger partial charge is 0.197 e. The van der Waals surface area contributed by atoms with Gasteiger partial charge in [-0.25, -0.2) is 4.98 Å². The third kappa shape index (κ3) is 2.93. The molecule has 0 aliphatic carbocycles. The predicted octanol–water partition coefficient (Wildman–Crippen LogP) is 4.00. The average molecular weight is 265 g/mol. The lowest BCUT2D eigenvalue weighted by atomic mass is 10.0. The third-order valence-corrected chi connectivity index (χ3v) is 3.19. The standard InChI is InChI=1S/C13H13ClN2S/c1-8-12(9(2)16-13(17)15-8)7-10-3-5-11(14)6-4-10/h3-6H,7H2,1-2H3,(H,15,16,17). The molecular weight excluding hydrogens is 252 g/mol. The number of aromatic nitrogens is 2. The van der Waals surface area contributed by atoms with Crippen LogP contribution < -0.4 is 0 Å². The topological polar surface area (TPSA) is 28.7 Å². The van der Waals surface area contributed by atoms with Crippen molar-refractivity contribution in [3.05, 3.63) is 56.6 Å². The Labute approximate surface area is 111 Å². The maximum Gasteiger partial charge on any atom is 0.197 e. The molecule has 0 radical (unpaired) electrons. The van der Waals surface area contributed by atoms with Crippen molar-refractivity contribution < 1.29 is 0 Å². The number of aryl methyl sites for hydroxylation is 2. The van der Waals surface area contributed by atoms with Crippen LogP contribution in [0, 0.1) is 18.6 Å². The number of halogens is 1. The van der Waals surface area contributed by atoms with Gasteiger partial charge in [-0.2, -0.15) is 0 Å². The summed E-state index contributed by atoms with van der Waals surface area (Å²) in [5, 5.41) is 0.757. The fourth-order valence-electron chi connectivity index (χ4n) is 1.82. The Morgan fingerprint density at radius 3 is 2.47 bits per heavy atom. The summed E-state index contributed by atoms with van der Waals surface area (Å²) in [5.74, 6) is 0. The van der Waals surface area contributed by atoms with Crippen LogP contribution >= 0.6 is 23.8 Å². The van der Waals surface area contributed by atoms with Crippen molar-refractivity contribution >= 4 is 23.8 Å². The molecule has 1 N–H and O–H groups in total. The highest BCUT2D eigenvalue weighted by molar-refractivity contribution is 7.71. The molecule has 0 unspecified atom stereocenters. The first kappa shape index (κ1) is 12.3. The second kappa shape index (κ2) is 4.98. The molecular formula is C13H13ClN2S. The summed E-state index contributed by atoms with van der Waals surface area (Å²) >= 11 is 10.9. The summed E-state index contributed by atoms with van der Waals surface area (Å²) in [6.45, 7) is 4.01. The minimum Gasteiger partial charge on any atom is -0.334 e. The number of hydrogen-bond acceptors (Lipinski definition) is 2. The molecule has 2 rings (SSSR count). The summed E-state index contributed by atoms with van der Waals surface area (Å²) in [5.41, 5.74) is 4.48. The van der Waals surface area contributed by atoms with Crippen molar-refractivity contribution in [1.82, 2.24) is 9.97 Å². The Balaban J connectivity index is 2.36. The Morgan fingerprint density at radius 2 is 1.88 bits per heavy atom. The van der Waals surface area contributed by atoms with Gasteiger partial charge in [-0.15, -0.1) is 0 Å². The molecule has 0 aliphatic heterocycles. The summed E-state index contributed by atoms with van der Waals surface area (Å²) in [4.78, 5) is 7.37. The molecule has 0 atom stereocenters. The van der Waals surface area contributed by atoms with E-state index in [1.165, 1.54) is 11.1 Å². The van der Waals surface area contributed by atoms with E-state index in [0.717, 1.165) is 22.8 Å². The van der Waals surface area contributed by atoms with Crippen LogP contribution in [0.4, 0.5) is 0 Å². The van der Waals surface area contributed by atoms with Crippen LogP contribution in [0.1, 0.15) is 22.5 Å². The quantitative estimate of drug-likeness (QED) is 0.831. The number of aromatic amines is 1. The number of benzene rings is 1. The fourth-order valence-corrected chi connectivity index (χ4v) is 2.24. The van der Waals surface area contributed by atoms with Crippen molar-refractivity contribution in [3.63, 3.8) is 0 Å². The SMILES string of the molecule is Cc1nc(=S)[nH]c(C)c1Cc1ccc(Cl)cc1. The molecule has 88 valence electrons. The van der Waals surface area contributed by atoms with Crippen molar-refractivity contribution in [2.75, 3.05) is 0 Å². The van der Waals surface area contributed by atoms with Gasteiger partial charge in [0.1, 0.15) is 0 Å². The second-order valence-electron chi connectivity index (χ2n) is 4.03. The van der Waals surface area contributed by atoms with Gasteiger partial charge < -0.3 is 4.98 Å². The first-order valence-electron chi connectivity index (χ1n) is 5.37. The van der Waals surface area contributed by atoms with Crippen LogP contribution in [0.2, 0.25) is 5.02 Å². The molecule has 1 aromatic heterocycles. The molecule has 0 bridgehead atoms. The van der Waals surface area contributed by atoms with E-state index in [4.69, 9.17) is 23.8 Å². The molecule has 0 fully saturated rings. The third-order valence-electron chi connectivity index (χ3n) is 2.75. The van der Waals surface area contributed by atoms with E-state index in [1.807, 2.05) is 38.1 Å². The highest BCUT2D eigenvalue weighted by Gasteiger charge is 2.05. The van der Waals surface area contributed by atoms with Crippen LogP contribution in [0.25, 0.3) is 0 Å². The van der Waals surface area contributed by atoms with Gasteiger partial charge in [0.2, 0.25) is 0 Å². The lowest BCUT2D eigenvalue weighted by Crippen LogP contribution is -2.01. The number of H-pyrrole nitrogens is 1. The van der Waals surface area contributed by atoms with Crippen LogP contribution in [0.5, 0.6) is 0 Å². The Kier molecular flexibility index (Phi) is 3.60. The lowest BCUT2D eigenvalue weighted by molar-refractivity contribution is 0.957. The Hall–Kier alpha value is -1.19. The molecule has 0 aliphatic rings. The van der Waals surface area contributed by atoms with Crippen molar-refractivity contribution in [2.24, 2.45) is 0 Å². The summed E-state index contributed by atoms with van der Waals surface area (Å²) in [7, 11) is 0. The largest absolute Gasteiger partial charge is 0.334 e. The maximum atomic E-state index is 5.87. The molecule has 0 saturated carbocycles. The molecule has 0 amide bonds. The molecule has 2 nitrogen and oxygen atoms in total. The van der Waals surface area contributed by atoms with E-state index < -0.39 is 0 Å². The molecule has 0 saturated heterocycles. The van der Waals surface area contributed by atoms with Crippen molar-refractivity contribution in [1.29, 1.82) is 0 Å². The zero-order valence-electron chi connectivity index (χ0n) is 9.75. The maximum absolute atomic E-state index is 5.87. The number of rotatable bonds is 2. The number of nitrogens with zero attached hydrogens (tertiary/aromatic N) is 1. The summed E-state index contributed by atoms with van der Waals surface area (Å²) in [6.07, 6.45) is 0.841. The zero-order chi connectivity index (χ0) is 12.4. The van der Waals surface area contributed by atoms with Crippen LogP contribution in [-0.4, -0.2) is 9.97 Å². The van der Waals surface area contributed by atoms with E-state index in [9.17, 15) is 0 Å². The summed E-state index contributed by atoms with van der Waals surface area (Å²) in [6, 6.07) is 7.87. The highest BCUT2D eigenvalue weighted by Crippen LogP contribution is 2.17. The van der Waals surface area contributed by atoms with Gasteiger partial charge in [0.15, 0.2) is 4.77 Å². The van der Waals surface area contributed by atoms with Gasteiger partial charge in [0.05, 0.1) is 0 Å². The van der Waals surface area contributed by atoms with Crippen LogP contribution in [-0.2, 0) is 6.42 Å². The Bertz CT molecular complexity index is 561. The monoisotopic (exact) mass is 264 g/mol. The van der Waals surface area contributed by atoms with Gasteiger partial charge in [-0.3, -0.25) is 0 Å². The number of hydrogen-bond donors (Lipinski definition) is 1. The predicted molar refractivity (Wildman–Crippen MR) is 73.2 cm³/mol. The molecule has 2 aromatic rings. The summed E-state index contributed by atoms with van der Waals surface area (Å²) < 4.78 is 0.542. The van der Waals surface area contributed by atoms with E-state index in [1.54, 1.807) is 0 Å². The molecule has 17 heavy (non-hydrogen) atoms. The minimum absolute atomic E-state index is 0.542. The molecule has 1 aromatic carbocycles.